The van der Waals surface area contributed by atoms with Crippen LogP contribution in [0, 0.1) is 5.41 Å². The van der Waals surface area contributed by atoms with Crippen molar-refractivity contribution in [3.8, 4) is 0 Å². The number of nitrogens with zero attached hydrogens (tertiary/aromatic N) is 1. The van der Waals surface area contributed by atoms with Crippen molar-refractivity contribution in [1.29, 1.82) is 0 Å². The molecule has 0 bridgehead atoms. The highest BCUT2D eigenvalue weighted by atomic mass is 16.1. The monoisotopic (exact) mass is 380 g/mol. The number of aliphatic imine (C=N–C) groups is 1. The molecule has 0 rings (SSSR count). The fourth-order valence-corrected chi connectivity index (χ4v) is 2.86. The van der Waals surface area contributed by atoms with Crippen LogP contribution < -0.4 is 5.32 Å². The van der Waals surface area contributed by atoms with Gasteiger partial charge in [-0.05, 0) is 39.5 Å². The quantitative estimate of drug-likeness (QED) is 0.268. The third-order valence-electron chi connectivity index (χ3n) is 4.73. The second-order valence-corrected chi connectivity index (χ2v) is 8.89. The van der Waals surface area contributed by atoms with Gasteiger partial charge in [-0.25, -0.2) is 0 Å². The topological polar surface area (TPSA) is 58.5 Å². The van der Waals surface area contributed by atoms with E-state index >= 15 is 0 Å². The van der Waals surface area contributed by atoms with Gasteiger partial charge >= 0.3 is 0 Å². The molecule has 0 saturated heterocycles. The third-order valence-corrected chi connectivity index (χ3v) is 4.73. The van der Waals surface area contributed by atoms with Gasteiger partial charge in [0, 0.05) is 37.1 Å². The predicted octanol–water partition coefficient (Wildman–Crippen LogP) is 5.88. The van der Waals surface area contributed by atoms with E-state index in [0.717, 1.165) is 70.2 Å². The molecule has 0 aromatic heterocycles. The van der Waals surface area contributed by atoms with Crippen LogP contribution in [0.5, 0.6) is 0 Å². The Morgan fingerprint density at radius 2 is 1.26 bits per heavy atom. The highest BCUT2D eigenvalue weighted by molar-refractivity contribution is 5.83. The molecule has 0 radical (unpaired) electrons. The van der Waals surface area contributed by atoms with Crippen molar-refractivity contribution in [1.82, 2.24) is 5.32 Å². The molecule has 4 nitrogen and oxygen atoms in total. The minimum atomic E-state index is -0.198. The summed E-state index contributed by atoms with van der Waals surface area (Å²) >= 11 is 0. The predicted molar refractivity (Wildman–Crippen MR) is 117 cm³/mol. The van der Waals surface area contributed by atoms with E-state index in [2.05, 4.69) is 10.3 Å². The SMILES string of the molecule is CC(C)=NCCCCCCNC(=O)CCCCCCCCC(=O)C(C)(C)C. The Hall–Kier alpha value is -1.19. The largest absolute Gasteiger partial charge is 0.356 e. The van der Waals surface area contributed by atoms with Gasteiger partial charge in [0.05, 0.1) is 0 Å². The van der Waals surface area contributed by atoms with Gasteiger partial charge < -0.3 is 5.32 Å². The maximum Gasteiger partial charge on any atom is 0.219 e. The molecule has 0 fully saturated rings. The van der Waals surface area contributed by atoms with Crippen molar-refractivity contribution in [3.63, 3.8) is 0 Å². The number of unbranched alkanes of at least 4 members (excludes halogenated alkanes) is 8. The summed E-state index contributed by atoms with van der Waals surface area (Å²) in [5.74, 6) is 0.556. The Labute approximate surface area is 168 Å². The summed E-state index contributed by atoms with van der Waals surface area (Å²) in [5, 5.41) is 3.03. The maximum atomic E-state index is 11.8. The summed E-state index contributed by atoms with van der Waals surface area (Å²) in [6.07, 6.45) is 12.4. The molecule has 0 aliphatic rings. The van der Waals surface area contributed by atoms with Crippen molar-refractivity contribution in [2.24, 2.45) is 10.4 Å². The average Bonchev–Trinajstić information content (AvgIpc) is 2.58. The van der Waals surface area contributed by atoms with Crippen LogP contribution in [0.25, 0.3) is 0 Å². The molecule has 0 aromatic carbocycles. The van der Waals surface area contributed by atoms with Crippen LogP contribution in [0.1, 0.15) is 112 Å². The Bertz CT molecular complexity index is 432. The number of ketones is 1. The summed E-state index contributed by atoms with van der Waals surface area (Å²) in [7, 11) is 0. The van der Waals surface area contributed by atoms with Gasteiger partial charge in [-0.15, -0.1) is 0 Å². The minimum absolute atomic E-state index is 0.192. The first-order valence-corrected chi connectivity index (χ1v) is 11.0. The smallest absolute Gasteiger partial charge is 0.219 e. The molecule has 0 saturated carbocycles. The van der Waals surface area contributed by atoms with Crippen molar-refractivity contribution in [2.75, 3.05) is 13.1 Å². The van der Waals surface area contributed by atoms with Gasteiger partial charge in [0.25, 0.3) is 0 Å². The van der Waals surface area contributed by atoms with Gasteiger partial charge in [0.15, 0.2) is 0 Å². The number of carbonyl (C=O) groups excluding carboxylic acids is 2. The molecule has 0 heterocycles. The van der Waals surface area contributed by atoms with Crippen LogP contribution in [0.4, 0.5) is 0 Å². The molecule has 0 aliphatic carbocycles. The molecule has 0 aliphatic heterocycles. The number of Topliss-reactive ketones (excluding diaryl/α,β-unsaturated/α-hetero) is 1. The van der Waals surface area contributed by atoms with E-state index in [9.17, 15) is 9.59 Å². The summed E-state index contributed by atoms with van der Waals surface area (Å²) < 4.78 is 0. The molecule has 1 N–H and O–H groups in total. The summed E-state index contributed by atoms with van der Waals surface area (Å²) in [6.45, 7) is 11.8. The molecule has 4 heteroatoms. The molecule has 0 unspecified atom stereocenters. The first-order valence-electron chi connectivity index (χ1n) is 11.0. The normalized spacial score (nSPS) is 11.3. The summed E-state index contributed by atoms with van der Waals surface area (Å²) in [4.78, 5) is 28.0. The van der Waals surface area contributed by atoms with Gasteiger partial charge in [-0.1, -0.05) is 59.3 Å². The number of rotatable bonds is 16. The van der Waals surface area contributed by atoms with E-state index in [1.165, 1.54) is 12.8 Å². The minimum Gasteiger partial charge on any atom is -0.356 e. The second kappa shape index (κ2) is 15.8. The van der Waals surface area contributed by atoms with Crippen LogP contribution in [0.3, 0.4) is 0 Å². The lowest BCUT2D eigenvalue weighted by atomic mass is 9.88. The van der Waals surface area contributed by atoms with Gasteiger partial charge in [-0.3, -0.25) is 14.6 Å². The van der Waals surface area contributed by atoms with Crippen LogP contribution in [-0.2, 0) is 9.59 Å². The zero-order valence-corrected chi connectivity index (χ0v) is 18.7. The van der Waals surface area contributed by atoms with E-state index in [0.29, 0.717) is 18.6 Å². The summed E-state index contributed by atoms with van der Waals surface area (Å²) in [5.41, 5.74) is 0.953. The molecule has 158 valence electrons. The number of hydrogen-bond donors (Lipinski definition) is 1. The van der Waals surface area contributed by atoms with Gasteiger partial charge in [0.1, 0.15) is 5.78 Å². The van der Waals surface area contributed by atoms with Crippen molar-refractivity contribution in [2.45, 2.75) is 112 Å². The van der Waals surface area contributed by atoms with E-state index in [-0.39, 0.29) is 11.3 Å². The number of nitrogens with one attached hydrogen (secondary N) is 1. The molecule has 0 aromatic rings. The Kier molecular flexibility index (Phi) is 15.1. The Morgan fingerprint density at radius 3 is 1.85 bits per heavy atom. The van der Waals surface area contributed by atoms with Crippen LogP contribution >= 0.6 is 0 Å². The first-order chi connectivity index (χ1) is 12.7. The van der Waals surface area contributed by atoms with Crippen molar-refractivity contribution in [3.05, 3.63) is 0 Å². The lowest BCUT2D eigenvalue weighted by molar-refractivity contribution is -0.126. The van der Waals surface area contributed by atoms with E-state index < -0.39 is 0 Å². The van der Waals surface area contributed by atoms with Crippen LogP contribution in [0.15, 0.2) is 4.99 Å². The molecule has 27 heavy (non-hydrogen) atoms. The molecule has 0 spiro atoms. The number of carbonyl (C=O) groups is 2. The third kappa shape index (κ3) is 18.0. The second-order valence-electron chi connectivity index (χ2n) is 8.89. The fourth-order valence-electron chi connectivity index (χ4n) is 2.86. The van der Waals surface area contributed by atoms with Crippen molar-refractivity contribution >= 4 is 17.4 Å². The van der Waals surface area contributed by atoms with E-state index in [1.807, 2.05) is 34.6 Å². The number of hydrogen-bond acceptors (Lipinski definition) is 3. The zero-order valence-electron chi connectivity index (χ0n) is 18.7. The van der Waals surface area contributed by atoms with Crippen LogP contribution in [0.2, 0.25) is 0 Å². The standard InChI is InChI=1S/C23H44N2O2/c1-20(2)24-18-14-10-11-15-19-25-22(27)17-13-9-7-6-8-12-16-21(26)23(3,4)5/h6-19H2,1-5H3,(H,25,27). The number of amides is 1. The molecular weight excluding hydrogens is 336 g/mol. The Morgan fingerprint density at radius 1 is 0.741 bits per heavy atom. The fraction of sp³-hybridized carbons (Fsp3) is 0.870. The highest BCUT2D eigenvalue weighted by Gasteiger charge is 2.19. The van der Waals surface area contributed by atoms with E-state index in [1.54, 1.807) is 0 Å². The highest BCUT2D eigenvalue weighted by Crippen LogP contribution is 2.19. The van der Waals surface area contributed by atoms with E-state index in [4.69, 9.17) is 0 Å². The molecule has 1 amide bonds. The van der Waals surface area contributed by atoms with Gasteiger partial charge in [-0.2, -0.15) is 0 Å². The lowest BCUT2D eigenvalue weighted by Crippen LogP contribution is -2.23. The maximum absolute atomic E-state index is 11.8. The lowest BCUT2D eigenvalue weighted by Gasteiger charge is -2.16. The Balaban J connectivity index is 3.35. The van der Waals surface area contributed by atoms with Gasteiger partial charge in [0.2, 0.25) is 5.91 Å². The van der Waals surface area contributed by atoms with Crippen molar-refractivity contribution < 1.29 is 9.59 Å². The van der Waals surface area contributed by atoms with Crippen LogP contribution in [-0.4, -0.2) is 30.5 Å². The molecular formula is C23H44N2O2. The zero-order chi connectivity index (χ0) is 20.5. The average molecular weight is 381 g/mol. The first kappa shape index (κ1) is 25.8. The molecule has 0 atom stereocenters. The summed E-state index contributed by atoms with van der Waals surface area (Å²) in [6, 6.07) is 0.